The van der Waals surface area contributed by atoms with Gasteiger partial charge in [-0.25, -0.2) is 0 Å². The van der Waals surface area contributed by atoms with E-state index in [0.717, 1.165) is 42.6 Å². The molecule has 4 rings (SSSR count). The van der Waals surface area contributed by atoms with Crippen LogP contribution in [0.15, 0.2) is 54.6 Å². The average Bonchev–Trinajstić information content (AvgIpc) is 3.08. The van der Waals surface area contributed by atoms with E-state index in [1.807, 2.05) is 12.1 Å². The Morgan fingerprint density at radius 3 is 2.46 bits per heavy atom. The number of hydrogen-bond acceptors (Lipinski definition) is 3. The summed E-state index contributed by atoms with van der Waals surface area (Å²) in [6.07, 6.45) is 2.08. The van der Waals surface area contributed by atoms with E-state index in [4.69, 9.17) is 4.74 Å². The zero-order chi connectivity index (χ0) is 19.5. The number of aliphatic hydroxyl groups is 1. The Morgan fingerprint density at radius 2 is 1.75 bits per heavy atom. The summed E-state index contributed by atoms with van der Waals surface area (Å²) in [6.45, 7) is 5.84. The Hall–Kier alpha value is -2.30. The van der Waals surface area contributed by atoms with Gasteiger partial charge in [-0.2, -0.15) is 0 Å². The Morgan fingerprint density at radius 1 is 1.04 bits per heavy atom. The van der Waals surface area contributed by atoms with Crippen LogP contribution in [0.4, 0.5) is 0 Å². The molecule has 2 heterocycles. The van der Waals surface area contributed by atoms with Crippen molar-refractivity contribution in [1.82, 2.24) is 9.47 Å². The molecule has 0 amide bonds. The largest absolute Gasteiger partial charge is 0.497 e. The average molecular weight is 379 g/mol. The third-order valence-corrected chi connectivity index (χ3v) is 5.93. The fourth-order valence-electron chi connectivity index (χ4n) is 4.22. The fourth-order valence-corrected chi connectivity index (χ4v) is 4.22. The van der Waals surface area contributed by atoms with Crippen LogP contribution in [0.5, 0.6) is 5.75 Å². The summed E-state index contributed by atoms with van der Waals surface area (Å²) < 4.78 is 7.56. The molecule has 1 atom stereocenters. The van der Waals surface area contributed by atoms with Crippen LogP contribution in [-0.4, -0.2) is 47.4 Å². The van der Waals surface area contributed by atoms with E-state index in [1.165, 1.54) is 23.7 Å². The quantitative estimate of drug-likeness (QED) is 0.690. The molecule has 1 aliphatic heterocycles. The molecule has 0 aliphatic carbocycles. The molecule has 1 N–H and O–H groups in total. The molecule has 1 aliphatic rings. The van der Waals surface area contributed by atoms with Gasteiger partial charge in [0.1, 0.15) is 5.75 Å². The molecule has 1 aromatic heterocycles. The van der Waals surface area contributed by atoms with Gasteiger partial charge in [-0.05, 0) is 73.8 Å². The van der Waals surface area contributed by atoms with Crippen molar-refractivity contribution in [3.63, 3.8) is 0 Å². The number of ether oxygens (including phenoxy) is 1. The molecule has 3 aromatic rings. The first-order chi connectivity index (χ1) is 13.6. The smallest absolute Gasteiger partial charge is 0.118 e. The highest BCUT2D eigenvalue weighted by atomic mass is 16.5. The molecule has 4 heteroatoms. The highest BCUT2D eigenvalue weighted by Crippen LogP contribution is 2.30. The minimum atomic E-state index is -0.388. The minimum absolute atomic E-state index is 0.388. The Labute approximate surface area is 167 Å². The molecular weight excluding hydrogens is 348 g/mol. The van der Waals surface area contributed by atoms with Crippen LogP contribution < -0.4 is 4.74 Å². The third-order valence-electron chi connectivity index (χ3n) is 5.93. The lowest BCUT2D eigenvalue weighted by Crippen LogP contribution is -2.39. The first-order valence-corrected chi connectivity index (χ1v) is 10.3. The second kappa shape index (κ2) is 8.38. The molecule has 4 nitrogen and oxygen atoms in total. The van der Waals surface area contributed by atoms with E-state index < -0.39 is 0 Å². The summed E-state index contributed by atoms with van der Waals surface area (Å²) in [7, 11) is 1.68. The normalized spacial score (nSPS) is 17.1. The number of aliphatic hydroxyl groups excluding tert-OH is 1. The van der Waals surface area contributed by atoms with Gasteiger partial charge in [0.05, 0.1) is 19.8 Å². The first-order valence-electron chi connectivity index (χ1n) is 10.3. The van der Waals surface area contributed by atoms with E-state index in [-0.39, 0.29) is 6.10 Å². The number of aromatic nitrogens is 1. The van der Waals surface area contributed by atoms with Gasteiger partial charge >= 0.3 is 0 Å². The Balaban J connectivity index is 1.59. The molecule has 28 heavy (non-hydrogen) atoms. The predicted octanol–water partition coefficient (Wildman–Crippen LogP) is 4.41. The number of hydrogen-bond donors (Lipinski definition) is 1. The summed E-state index contributed by atoms with van der Waals surface area (Å²) in [6, 6.07) is 18.8. The lowest BCUT2D eigenvalue weighted by molar-refractivity contribution is 0.0812. The number of β-amino-alcohol motifs (C(OH)–C–C–N with tert-alkyl or cyclic N) is 1. The lowest BCUT2D eigenvalue weighted by Gasteiger charge is -2.32. The van der Waals surface area contributed by atoms with Gasteiger partial charge in [-0.3, -0.25) is 0 Å². The number of piperidine rings is 1. The molecule has 0 bridgehead atoms. The molecule has 0 spiro atoms. The molecular formula is C24H30N2O2. The van der Waals surface area contributed by atoms with Crippen molar-refractivity contribution in [1.29, 1.82) is 0 Å². The SMILES string of the molecule is COc1ccc(-c2cc3ccccc3n2C[C@H](O)CN2CCC(C)CC2)cc1. The molecule has 2 aromatic carbocycles. The van der Waals surface area contributed by atoms with Crippen molar-refractivity contribution in [3.05, 3.63) is 54.6 Å². The number of likely N-dealkylation sites (tertiary alicyclic amines) is 1. The molecule has 1 fully saturated rings. The van der Waals surface area contributed by atoms with Crippen LogP contribution in [0.3, 0.4) is 0 Å². The third kappa shape index (κ3) is 4.08. The summed E-state index contributed by atoms with van der Waals surface area (Å²) >= 11 is 0. The summed E-state index contributed by atoms with van der Waals surface area (Å²) in [5, 5.41) is 12.1. The topological polar surface area (TPSA) is 37.6 Å². The van der Waals surface area contributed by atoms with Crippen molar-refractivity contribution < 1.29 is 9.84 Å². The van der Waals surface area contributed by atoms with Gasteiger partial charge in [0.25, 0.3) is 0 Å². The van der Waals surface area contributed by atoms with Gasteiger partial charge in [0, 0.05) is 23.1 Å². The van der Waals surface area contributed by atoms with E-state index in [2.05, 4.69) is 58.9 Å². The monoisotopic (exact) mass is 378 g/mol. The fraction of sp³-hybridized carbons (Fsp3) is 0.417. The van der Waals surface area contributed by atoms with Crippen molar-refractivity contribution in [2.45, 2.75) is 32.4 Å². The van der Waals surface area contributed by atoms with Crippen LogP contribution in [0.1, 0.15) is 19.8 Å². The number of para-hydroxylation sites is 1. The highest BCUT2D eigenvalue weighted by Gasteiger charge is 2.20. The summed E-state index contributed by atoms with van der Waals surface area (Å²) in [4.78, 5) is 2.41. The zero-order valence-electron chi connectivity index (χ0n) is 16.8. The standard InChI is InChI=1S/C24H30N2O2/c1-18-11-13-25(14-12-18)16-21(27)17-26-23-6-4-3-5-20(23)15-24(26)19-7-9-22(28-2)10-8-19/h3-10,15,18,21,27H,11-14,16-17H2,1-2H3/t21-/m1/s1. The predicted molar refractivity (Wildman–Crippen MR) is 115 cm³/mol. The molecule has 1 saturated heterocycles. The summed E-state index contributed by atoms with van der Waals surface area (Å²) in [5.74, 6) is 1.66. The minimum Gasteiger partial charge on any atom is -0.497 e. The van der Waals surface area contributed by atoms with E-state index in [0.29, 0.717) is 6.54 Å². The van der Waals surface area contributed by atoms with Gasteiger partial charge in [0.15, 0.2) is 0 Å². The second-order valence-electron chi connectivity index (χ2n) is 8.06. The second-order valence-corrected chi connectivity index (χ2v) is 8.06. The Kier molecular flexibility index (Phi) is 5.69. The molecule has 0 radical (unpaired) electrons. The number of nitrogens with zero attached hydrogens (tertiary/aromatic N) is 2. The van der Waals surface area contributed by atoms with Crippen LogP contribution in [-0.2, 0) is 6.54 Å². The van der Waals surface area contributed by atoms with Crippen LogP contribution in [0.2, 0.25) is 0 Å². The summed E-state index contributed by atoms with van der Waals surface area (Å²) in [5.41, 5.74) is 3.44. The van der Waals surface area contributed by atoms with Crippen molar-refractivity contribution in [3.8, 4) is 17.0 Å². The highest BCUT2D eigenvalue weighted by molar-refractivity contribution is 5.87. The Bertz CT molecular complexity index is 908. The maximum atomic E-state index is 10.9. The van der Waals surface area contributed by atoms with Crippen LogP contribution in [0, 0.1) is 5.92 Å². The number of methoxy groups -OCH3 is 1. The van der Waals surface area contributed by atoms with Crippen LogP contribution >= 0.6 is 0 Å². The van der Waals surface area contributed by atoms with Crippen molar-refractivity contribution in [2.24, 2.45) is 5.92 Å². The molecule has 0 saturated carbocycles. The van der Waals surface area contributed by atoms with Crippen molar-refractivity contribution >= 4 is 10.9 Å². The number of fused-ring (bicyclic) bond motifs is 1. The van der Waals surface area contributed by atoms with Crippen molar-refractivity contribution in [2.75, 3.05) is 26.7 Å². The molecule has 148 valence electrons. The maximum absolute atomic E-state index is 10.9. The number of benzene rings is 2. The first kappa shape index (κ1) is 19.0. The van der Waals surface area contributed by atoms with Gasteiger partial charge in [0.2, 0.25) is 0 Å². The van der Waals surface area contributed by atoms with E-state index >= 15 is 0 Å². The van der Waals surface area contributed by atoms with Gasteiger partial charge in [-0.15, -0.1) is 0 Å². The van der Waals surface area contributed by atoms with E-state index in [1.54, 1.807) is 7.11 Å². The van der Waals surface area contributed by atoms with Gasteiger partial charge in [-0.1, -0.05) is 25.1 Å². The maximum Gasteiger partial charge on any atom is 0.118 e. The van der Waals surface area contributed by atoms with Crippen LogP contribution in [0.25, 0.3) is 22.2 Å². The molecule has 0 unspecified atom stereocenters. The lowest BCUT2D eigenvalue weighted by atomic mass is 9.99. The zero-order valence-corrected chi connectivity index (χ0v) is 16.8. The van der Waals surface area contributed by atoms with Gasteiger partial charge < -0.3 is 19.3 Å². The van der Waals surface area contributed by atoms with E-state index in [9.17, 15) is 5.11 Å². The number of rotatable bonds is 6.